The third-order valence-corrected chi connectivity index (χ3v) is 3.39. The molecule has 0 heterocycles. The molecule has 0 aliphatic heterocycles. The first-order valence-corrected chi connectivity index (χ1v) is 6.39. The molecule has 0 amide bonds. The second kappa shape index (κ2) is 5.54. The summed E-state index contributed by atoms with van der Waals surface area (Å²) in [6.07, 6.45) is 0.200. The van der Waals surface area contributed by atoms with Gasteiger partial charge in [-0.15, -0.1) is 0 Å². The summed E-state index contributed by atoms with van der Waals surface area (Å²) in [7, 11) is 0. The van der Waals surface area contributed by atoms with E-state index in [-0.39, 0.29) is 18.0 Å². The van der Waals surface area contributed by atoms with E-state index in [2.05, 4.69) is 0 Å². The normalized spacial score (nSPS) is 10.5. The highest BCUT2D eigenvalue weighted by molar-refractivity contribution is 6.30. The zero-order valence-electron chi connectivity index (χ0n) is 10.8. The number of halogens is 2. The number of carbonyl (C=O) groups is 1. The van der Waals surface area contributed by atoms with E-state index in [0.29, 0.717) is 10.6 Å². The number of carbonyl (C=O) groups excluding carboxylic acids is 1. The van der Waals surface area contributed by atoms with Crippen LogP contribution < -0.4 is 0 Å². The van der Waals surface area contributed by atoms with E-state index < -0.39 is 0 Å². The van der Waals surface area contributed by atoms with Gasteiger partial charge in [-0.1, -0.05) is 17.7 Å². The van der Waals surface area contributed by atoms with Gasteiger partial charge in [0.2, 0.25) is 0 Å². The van der Waals surface area contributed by atoms with Crippen LogP contribution in [-0.2, 0) is 6.42 Å². The predicted molar refractivity (Wildman–Crippen MR) is 75.4 cm³/mol. The Bertz CT molecular complexity index is 635. The topological polar surface area (TPSA) is 17.1 Å². The zero-order valence-corrected chi connectivity index (χ0v) is 11.6. The molecule has 0 fully saturated rings. The summed E-state index contributed by atoms with van der Waals surface area (Å²) in [5.41, 5.74) is 3.11. The van der Waals surface area contributed by atoms with Gasteiger partial charge in [-0.25, -0.2) is 4.39 Å². The van der Waals surface area contributed by atoms with E-state index >= 15 is 0 Å². The Morgan fingerprint density at radius 1 is 1.11 bits per heavy atom. The molecular formula is C16H14ClFO. The van der Waals surface area contributed by atoms with Gasteiger partial charge in [0.15, 0.2) is 5.78 Å². The van der Waals surface area contributed by atoms with E-state index in [0.717, 1.165) is 16.7 Å². The number of Topliss-reactive ketones (excluding diaryl/α,β-unsaturated/α-hetero) is 1. The molecule has 2 aromatic carbocycles. The molecule has 0 aliphatic rings. The third kappa shape index (κ3) is 3.21. The third-order valence-electron chi connectivity index (χ3n) is 3.15. The van der Waals surface area contributed by atoms with Crippen LogP contribution in [0.1, 0.15) is 27.0 Å². The molecule has 1 nitrogen and oxygen atoms in total. The lowest BCUT2D eigenvalue weighted by Gasteiger charge is -2.08. The van der Waals surface area contributed by atoms with E-state index in [4.69, 9.17) is 11.6 Å². The Balaban J connectivity index is 2.28. The van der Waals surface area contributed by atoms with Crippen LogP contribution in [0.2, 0.25) is 5.02 Å². The van der Waals surface area contributed by atoms with Crippen LogP contribution in [0.4, 0.5) is 4.39 Å². The number of rotatable bonds is 3. The number of hydrogen-bond donors (Lipinski definition) is 0. The first-order valence-electron chi connectivity index (χ1n) is 6.02. The zero-order chi connectivity index (χ0) is 14.0. The fourth-order valence-corrected chi connectivity index (χ4v) is 2.27. The summed E-state index contributed by atoms with van der Waals surface area (Å²) in [4.78, 5) is 12.2. The number of ketones is 1. The van der Waals surface area contributed by atoms with Crippen LogP contribution >= 0.6 is 11.6 Å². The standard InChI is InChI=1S/C16H14ClFO/c1-10-3-5-14(18)8-12(10)9-16(19)15-6-4-13(17)7-11(15)2/h3-8H,9H2,1-2H3. The molecule has 0 N–H and O–H groups in total. The second-order valence-corrected chi connectivity index (χ2v) is 5.07. The van der Waals surface area contributed by atoms with E-state index in [1.54, 1.807) is 24.3 Å². The Morgan fingerprint density at radius 2 is 1.84 bits per heavy atom. The van der Waals surface area contributed by atoms with E-state index in [1.165, 1.54) is 12.1 Å². The molecule has 0 aliphatic carbocycles. The van der Waals surface area contributed by atoms with Crippen molar-refractivity contribution >= 4 is 17.4 Å². The van der Waals surface area contributed by atoms with Crippen molar-refractivity contribution < 1.29 is 9.18 Å². The Hall–Kier alpha value is -1.67. The van der Waals surface area contributed by atoms with Crippen molar-refractivity contribution in [1.82, 2.24) is 0 Å². The van der Waals surface area contributed by atoms with Crippen LogP contribution in [-0.4, -0.2) is 5.78 Å². The van der Waals surface area contributed by atoms with Gasteiger partial charge in [0.05, 0.1) is 0 Å². The lowest BCUT2D eigenvalue weighted by molar-refractivity contribution is 0.0992. The molecule has 98 valence electrons. The lowest BCUT2D eigenvalue weighted by Crippen LogP contribution is -2.07. The number of aryl methyl sites for hydroxylation is 2. The van der Waals surface area contributed by atoms with Crippen molar-refractivity contribution in [2.45, 2.75) is 20.3 Å². The summed E-state index contributed by atoms with van der Waals surface area (Å²) in [5.74, 6) is -0.343. The molecule has 19 heavy (non-hydrogen) atoms. The van der Waals surface area contributed by atoms with Crippen molar-refractivity contribution in [3.8, 4) is 0 Å². The van der Waals surface area contributed by atoms with Crippen molar-refractivity contribution in [2.24, 2.45) is 0 Å². The average Bonchev–Trinajstić information content (AvgIpc) is 2.33. The van der Waals surface area contributed by atoms with E-state index in [9.17, 15) is 9.18 Å². The van der Waals surface area contributed by atoms with Crippen molar-refractivity contribution in [3.05, 3.63) is 69.5 Å². The molecule has 0 aromatic heterocycles. The molecule has 0 unspecified atom stereocenters. The molecule has 0 bridgehead atoms. The number of benzene rings is 2. The van der Waals surface area contributed by atoms with Gasteiger partial charge in [0, 0.05) is 17.0 Å². The largest absolute Gasteiger partial charge is 0.294 e. The van der Waals surface area contributed by atoms with Crippen LogP contribution in [0, 0.1) is 19.7 Å². The van der Waals surface area contributed by atoms with Crippen LogP contribution in [0.25, 0.3) is 0 Å². The molecule has 0 spiro atoms. The van der Waals surface area contributed by atoms with E-state index in [1.807, 2.05) is 13.8 Å². The highest BCUT2D eigenvalue weighted by Crippen LogP contribution is 2.19. The maximum Gasteiger partial charge on any atom is 0.167 e. The Morgan fingerprint density at radius 3 is 2.53 bits per heavy atom. The first kappa shape index (κ1) is 13.8. The predicted octanol–water partition coefficient (Wildman–Crippen LogP) is 4.52. The summed E-state index contributed by atoms with van der Waals surface area (Å²) >= 11 is 5.87. The van der Waals surface area contributed by atoms with Gasteiger partial charge >= 0.3 is 0 Å². The molecular weight excluding hydrogens is 263 g/mol. The SMILES string of the molecule is Cc1ccc(F)cc1CC(=O)c1ccc(Cl)cc1C. The van der Waals surface area contributed by atoms with Gasteiger partial charge in [0.1, 0.15) is 5.82 Å². The quantitative estimate of drug-likeness (QED) is 0.753. The molecule has 0 saturated heterocycles. The van der Waals surface area contributed by atoms with Crippen LogP contribution in [0.5, 0.6) is 0 Å². The van der Waals surface area contributed by atoms with Crippen LogP contribution in [0.15, 0.2) is 36.4 Å². The van der Waals surface area contributed by atoms with Crippen molar-refractivity contribution in [3.63, 3.8) is 0 Å². The monoisotopic (exact) mass is 276 g/mol. The first-order chi connectivity index (χ1) is 8.97. The number of hydrogen-bond acceptors (Lipinski definition) is 1. The van der Waals surface area contributed by atoms with Gasteiger partial charge in [-0.2, -0.15) is 0 Å². The van der Waals surface area contributed by atoms with Gasteiger partial charge < -0.3 is 0 Å². The average molecular weight is 277 g/mol. The minimum Gasteiger partial charge on any atom is -0.294 e. The smallest absolute Gasteiger partial charge is 0.167 e. The minimum atomic E-state index is -0.318. The molecule has 0 atom stereocenters. The maximum absolute atomic E-state index is 13.2. The van der Waals surface area contributed by atoms with Crippen molar-refractivity contribution in [2.75, 3.05) is 0 Å². The van der Waals surface area contributed by atoms with Gasteiger partial charge in [-0.3, -0.25) is 4.79 Å². The Labute approximate surface area is 117 Å². The van der Waals surface area contributed by atoms with Crippen molar-refractivity contribution in [1.29, 1.82) is 0 Å². The Kier molecular flexibility index (Phi) is 4.01. The lowest BCUT2D eigenvalue weighted by atomic mass is 9.97. The minimum absolute atomic E-state index is 0.0251. The highest BCUT2D eigenvalue weighted by Gasteiger charge is 2.12. The molecule has 0 radical (unpaired) electrons. The molecule has 3 heteroatoms. The molecule has 2 rings (SSSR count). The molecule has 2 aromatic rings. The highest BCUT2D eigenvalue weighted by atomic mass is 35.5. The van der Waals surface area contributed by atoms with Gasteiger partial charge in [-0.05, 0) is 60.9 Å². The molecule has 0 saturated carbocycles. The summed E-state index contributed by atoms with van der Waals surface area (Å²) < 4.78 is 13.2. The van der Waals surface area contributed by atoms with Crippen LogP contribution in [0.3, 0.4) is 0 Å². The summed E-state index contributed by atoms with van der Waals surface area (Å²) in [6.45, 7) is 3.72. The second-order valence-electron chi connectivity index (χ2n) is 4.63. The fourth-order valence-electron chi connectivity index (χ4n) is 2.04. The maximum atomic E-state index is 13.2. The summed E-state index contributed by atoms with van der Waals surface area (Å²) in [6, 6.07) is 9.67. The van der Waals surface area contributed by atoms with Gasteiger partial charge in [0.25, 0.3) is 0 Å². The fraction of sp³-hybridized carbons (Fsp3) is 0.188. The summed E-state index contributed by atoms with van der Waals surface area (Å²) in [5, 5.41) is 0.607.